The van der Waals surface area contributed by atoms with Crippen molar-refractivity contribution >= 4 is 35.4 Å². The zero-order chi connectivity index (χ0) is 24.9. The van der Waals surface area contributed by atoms with Crippen LogP contribution in [0.5, 0.6) is 0 Å². The average Bonchev–Trinajstić information content (AvgIpc) is 3.08. The highest BCUT2D eigenvalue weighted by Crippen LogP contribution is 2.33. The number of carbonyl (C=O) groups is 5. The van der Waals surface area contributed by atoms with E-state index in [1.807, 2.05) is 0 Å². The number of unbranched alkanes of at least 4 members (excludes halogenated alkanes) is 2. The number of hydrogen-bond donors (Lipinski definition) is 4. The van der Waals surface area contributed by atoms with Gasteiger partial charge in [-0.3, -0.25) is 29.4 Å². The Morgan fingerprint density at radius 3 is 2.51 bits per heavy atom. The summed E-state index contributed by atoms with van der Waals surface area (Å²) in [6.07, 6.45) is 3.82. The van der Waals surface area contributed by atoms with Crippen LogP contribution >= 0.6 is 0 Å². The Morgan fingerprint density at radius 2 is 1.80 bits per heavy atom. The third-order valence-corrected chi connectivity index (χ3v) is 6.84. The van der Waals surface area contributed by atoms with Crippen LogP contribution in [0.3, 0.4) is 0 Å². The maximum absolute atomic E-state index is 13.2. The van der Waals surface area contributed by atoms with Crippen LogP contribution in [0, 0.1) is 0 Å². The Kier molecular flexibility index (Phi) is 7.64. The first-order valence-electron chi connectivity index (χ1n) is 12.2. The SMILES string of the molecule is O=C(O)NCCCCCN1CCC(Nc2cccc3c2C(=O)N(C2CCC(=O)NC2=O)C3=O)CC1. The minimum atomic E-state index is -0.988. The lowest BCUT2D eigenvalue weighted by atomic mass is 10.0. The fourth-order valence-electron chi connectivity index (χ4n) is 4.99. The molecule has 1 aromatic rings. The Labute approximate surface area is 203 Å². The molecule has 11 nitrogen and oxygen atoms in total. The monoisotopic (exact) mass is 485 g/mol. The van der Waals surface area contributed by atoms with Gasteiger partial charge in [0.2, 0.25) is 11.8 Å². The van der Waals surface area contributed by atoms with E-state index in [1.54, 1.807) is 18.2 Å². The zero-order valence-corrected chi connectivity index (χ0v) is 19.5. The quantitative estimate of drug-likeness (QED) is 0.303. The molecule has 4 rings (SSSR count). The first-order chi connectivity index (χ1) is 16.8. The minimum absolute atomic E-state index is 0.0900. The van der Waals surface area contributed by atoms with Gasteiger partial charge in [-0.25, -0.2) is 4.79 Å². The number of carbonyl (C=O) groups excluding carboxylic acids is 4. The molecule has 35 heavy (non-hydrogen) atoms. The molecule has 0 aromatic heterocycles. The number of nitrogens with zero attached hydrogens (tertiary/aromatic N) is 2. The summed E-state index contributed by atoms with van der Waals surface area (Å²) in [6, 6.07) is 4.30. The van der Waals surface area contributed by atoms with E-state index in [9.17, 15) is 24.0 Å². The molecule has 11 heteroatoms. The fraction of sp³-hybridized carbons (Fsp3) is 0.542. The van der Waals surface area contributed by atoms with Crippen molar-refractivity contribution in [3.63, 3.8) is 0 Å². The summed E-state index contributed by atoms with van der Waals surface area (Å²) in [6.45, 7) is 3.27. The standard InChI is InChI=1S/C24H31N5O6/c30-19-8-7-18(21(31)27-19)29-22(32)16-5-4-6-17(20(16)23(29)33)26-15-9-13-28(14-10-15)12-3-1-2-11-25-24(34)35/h4-6,15,18,25-26H,1-3,7-14H2,(H,34,35)(H,27,30,31). The lowest BCUT2D eigenvalue weighted by Crippen LogP contribution is -2.54. The van der Waals surface area contributed by atoms with Gasteiger partial charge in [0, 0.05) is 37.8 Å². The molecular formula is C24H31N5O6. The Hall–Kier alpha value is -3.47. The molecule has 1 aromatic carbocycles. The number of rotatable bonds is 9. The van der Waals surface area contributed by atoms with Crippen LogP contribution in [0.15, 0.2) is 18.2 Å². The number of amides is 5. The molecule has 1 unspecified atom stereocenters. The largest absolute Gasteiger partial charge is 0.465 e. The number of likely N-dealkylation sites (tertiary alicyclic amines) is 1. The second kappa shape index (κ2) is 10.9. The highest BCUT2D eigenvalue weighted by molar-refractivity contribution is 6.25. The predicted molar refractivity (Wildman–Crippen MR) is 126 cm³/mol. The molecule has 0 bridgehead atoms. The lowest BCUT2D eigenvalue weighted by Gasteiger charge is -2.33. The van der Waals surface area contributed by atoms with E-state index in [4.69, 9.17) is 5.11 Å². The Morgan fingerprint density at radius 1 is 1.03 bits per heavy atom. The smallest absolute Gasteiger partial charge is 0.404 e. The van der Waals surface area contributed by atoms with Crippen LogP contribution < -0.4 is 16.0 Å². The normalized spacial score (nSPS) is 21.1. The third-order valence-electron chi connectivity index (χ3n) is 6.84. The van der Waals surface area contributed by atoms with Gasteiger partial charge >= 0.3 is 6.09 Å². The van der Waals surface area contributed by atoms with E-state index in [0.29, 0.717) is 17.8 Å². The summed E-state index contributed by atoms with van der Waals surface area (Å²) in [7, 11) is 0. The van der Waals surface area contributed by atoms with Gasteiger partial charge in [-0.1, -0.05) is 12.5 Å². The molecule has 3 aliphatic heterocycles. The summed E-state index contributed by atoms with van der Waals surface area (Å²) in [5, 5.41) is 16.6. The van der Waals surface area contributed by atoms with Crippen molar-refractivity contribution in [3.8, 4) is 0 Å². The van der Waals surface area contributed by atoms with E-state index in [0.717, 1.165) is 56.6 Å². The van der Waals surface area contributed by atoms with Crippen LogP contribution in [0.1, 0.15) is 65.7 Å². The van der Waals surface area contributed by atoms with Crippen LogP contribution in [0.4, 0.5) is 10.5 Å². The van der Waals surface area contributed by atoms with Crippen LogP contribution in [0.2, 0.25) is 0 Å². The molecule has 4 N–H and O–H groups in total. The maximum Gasteiger partial charge on any atom is 0.404 e. The van der Waals surface area contributed by atoms with Gasteiger partial charge in [0.1, 0.15) is 6.04 Å². The Bertz CT molecular complexity index is 1020. The molecule has 1 atom stereocenters. The molecule has 3 aliphatic rings. The van der Waals surface area contributed by atoms with E-state index >= 15 is 0 Å². The second-order valence-electron chi connectivity index (χ2n) is 9.23. The fourth-order valence-corrected chi connectivity index (χ4v) is 4.99. The van der Waals surface area contributed by atoms with Crippen LogP contribution in [0.25, 0.3) is 0 Å². The van der Waals surface area contributed by atoms with Gasteiger partial charge in [0.05, 0.1) is 11.1 Å². The highest BCUT2D eigenvalue weighted by atomic mass is 16.4. The number of carboxylic acid groups (broad SMARTS) is 1. The van der Waals surface area contributed by atoms with Gasteiger partial charge in [0.25, 0.3) is 11.8 Å². The number of benzene rings is 1. The number of fused-ring (bicyclic) bond motifs is 1. The van der Waals surface area contributed by atoms with Crippen molar-refractivity contribution in [2.75, 3.05) is 31.5 Å². The van der Waals surface area contributed by atoms with E-state index in [1.165, 1.54) is 0 Å². The molecule has 2 fully saturated rings. The second-order valence-corrected chi connectivity index (χ2v) is 9.23. The lowest BCUT2D eigenvalue weighted by molar-refractivity contribution is -0.136. The number of hydrogen-bond acceptors (Lipinski definition) is 7. The third kappa shape index (κ3) is 5.61. The maximum atomic E-state index is 13.2. The molecule has 0 radical (unpaired) electrons. The van der Waals surface area contributed by atoms with Gasteiger partial charge in [-0.2, -0.15) is 0 Å². The molecule has 0 saturated carbocycles. The minimum Gasteiger partial charge on any atom is -0.465 e. The number of anilines is 1. The topological polar surface area (TPSA) is 148 Å². The number of imide groups is 2. The summed E-state index contributed by atoms with van der Waals surface area (Å²) in [4.78, 5) is 63.8. The van der Waals surface area contributed by atoms with Crippen molar-refractivity contribution in [1.29, 1.82) is 0 Å². The van der Waals surface area contributed by atoms with Crippen molar-refractivity contribution in [2.24, 2.45) is 0 Å². The summed E-state index contributed by atoms with van der Waals surface area (Å²) in [5.74, 6) is -2.02. The first kappa shape index (κ1) is 24.6. The predicted octanol–water partition coefficient (Wildman–Crippen LogP) is 1.40. The molecule has 188 valence electrons. The first-order valence-corrected chi connectivity index (χ1v) is 12.2. The van der Waals surface area contributed by atoms with Gasteiger partial charge < -0.3 is 20.6 Å². The number of piperidine rings is 2. The molecular weight excluding hydrogens is 454 g/mol. The van der Waals surface area contributed by atoms with Crippen molar-refractivity contribution in [1.82, 2.24) is 20.4 Å². The van der Waals surface area contributed by atoms with Gasteiger partial charge in [-0.05, 0) is 50.8 Å². The zero-order valence-electron chi connectivity index (χ0n) is 19.5. The number of nitrogens with one attached hydrogen (secondary N) is 3. The molecule has 5 amide bonds. The van der Waals surface area contributed by atoms with E-state index in [-0.39, 0.29) is 24.4 Å². The van der Waals surface area contributed by atoms with Crippen molar-refractivity contribution in [3.05, 3.63) is 29.3 Å². The molecule has 0 spiro atoms. The van der Waals surface area contributed by atoms with E-state index < -0.39 is 35.8 Å². The van der Waals surface area contributed by atoms with Crippen LogP contribution in [-0.2, 0) is 9.59 Å². The van der Waals surface area contributed by atoms with Crippen molar-refractivity contribution in [2.45, 2.75) is 57.0 Å². The summed E-state index contributed by atoms with van der Waals surface area (Å²) < 4.78 is 0. The molecule has 0 aliphatic carbocycles. The molecule has 3 heterocycles. The average molecular weight is 486 g/mol. The van der Waals surface area contributed by atoms with Crippen LogP contribution in [-0.4, -0.2) is 82.9 Å². The van der Waals surface area contributed by atoms with E-state index in [2.05, 4.69) is 20.9 Å². The summed E-state index contributed by atoms with van der Waals surface area (Å²) in [5.41, 5.74) is 1.17. The van der Waals surface area contributed by atoms with Gasteiger partial charge in [-0.15, -0.1) is 0 Å². The molecule has 2 saturated heterocycles. The van der Waals surface area contributed by atoms with Gasteiger partial charge in [0.15, 0.2) is 0 Å². The summed E-state index contributed by atoms with van der Waals surface area (Å²) >= 11 is 0. The highest BCUT2D eigenvalue weighted by Gasteiger charge is 2.45. The van der Waals surface area contributed by atoms with Crippen molar-refractivity contribution < 1.29 is 29.1 Å². The Balaban J connectivity index is 1.31.